The Kier molecular flexibility index (Phi) is 4.73. The fourth-order valence-corrected chi connectivity index (χ4v) is 4.23. The molecule has 0 spiro atoms. The first-order valence-corrected chi connectivity index (χ1v) is 10.0. The predicted octanol–water partition coefficient (Wildman–Crippen LogP) is 4.07. The normalized spacial score (nSPS) is 19.3. The van der Waals surface area contributed by atoms with E-state index in [1.54, 1.807) is 12.3 Å². The van der Waals surface area contributed by atoms with Crippen molar-refractivity contribution in [1.82, 2.24) is 15.3 Å². The molecule has 148 valence electrons. The number of rotatable bonds is 4. The zero-order chi connectivity index (χ0) is 19.8. The van der Waals surface area contributed by atoms with Crippen molar-refractivity contribution in [1.29, 1.82) is 0 Å². The van der Waals surface area contributed by atoms with Crippen LogP contribution in [0.4, 0.5) is 10.2 Å². The number of pyridine rings is 2. The van der Waals surface area contributed by atoms with E-state index in [9.17, 15) is 4.39 Å². The molecule has 0 saturated carbocycles. The maximum atomic E-state index is 13.6. The Morgan fingerprint density at radius 2 is 1.90 bits per heavy atom. The summed E-state index contributed by atoms with van der Waals surface area (Å²) in [5, 5.41) is 3.62. The molecule has 2 aliphatic heterocycles. The van der Waals surface area contributed by atoms with E-state index in [0.29, 0.717) is 28.9 Å². The van der Waals surface area contributed by atoms with E-state index >= 15 is 0 Å². The molecule has 3 N–H and O–H groups in total. The van der Waals surface area contributed by atoms with Gasteiger partial charge in [-0.1, -0.05) is 12.1 Å². The van der Waals surface area contributed by atoms with Crippen molar-refractivity contribution < 1.29 is 9.13 Å². The molecule has 4 heterocycles. The highest BCUT2D eigenvalue weighted by atomic mass is 19.1. The van der Waals surface area contributed by atoms with Crippen LogP contribution in [-0.4, -0.2) is 29.7 Å². The summed E-state index contributed by atoms with van der Waals surface area (Å²) in [7, 11) is 0. The maximum Gasteiger partial charge on any atom is 0.213 e. The lowest BCUT2D eigenvalue weighted by molar-refractivity contribution is 0.00792. The number of nitrogens with two attached hydrogens (primary N) is 1. The molecule has 2 aliphatic rings. The molecule has 2 fully saturated rings. The monoisotopic (exact) mass is 390 g/mol. The van der Waals surface area contributed by atoms with Gasteiger partial charge in [-0.15, -0.1) is 0 Å². The summed E-state index contributed by atoms with van der Waals surface area (Å²) in [5.41, 5.74) is 12.2. The lowest BCUT2D eigenvalue weighted by atomic mass is 9.86. The Balaban J connectivity index is 1.57. The highest BCUT2D eigenvalue weighted by Crippen LogP contribution is 2.37. The molecule has 0 amide bonds. The first-order chi connectivity index (χ1) is 14.2. The third kappa shape index (κ3) is 3.50. The number of aromatic nitrogens is 2. The molecule has 0 aliphatic carbocycles. The van der Waals surface area contributed by atoms with E-state index in [2.05, 4.69) is 33.5 Å². The van der Waals surface area contributed by atoms with E-state index in [0.717, 1.165) is 37.3 Å². The van der Waals surface area contributed by atoms with Crippen LogP contribution in [0.25, 0.3) is 22.3 Å². The van der Waals surface area contributed by atoms with Gasteiger partial charge >= 0.3 is 0 Å². The van der Waals surface area contributed by atoms with Crippen LogP contribution in [0.5, 0.6) is 0 Å². The summed E-state index contributed by atoms with van der Waals surface area (Å²) in [6.45, 7) is 2.64. The van der Waals surface area contributed by atoms with Gasteiger partial charge < -0.3 is 15.8 Å². The van der Waals surface area contributed by atoms with Crippen molar-refractivity contribution in [2.24, 2.45) is 0 Å². The first kappa shape index (κ1) is 18.2. The molecule has 1 aromatic carbocycles. The molecule has 3 aromatic rings. The average Bonchev–Trinajstić information content (AvgIpc) is 3.22. The van der Waals surface area contributed by atoms with Crippen molar-refractivity contribution in [3.63, 3.8) is 0 Å². The largest absolute Gasteiger partial charge is 0.383 e. The molecule has 29 heavy (non-hydrogen) atoms. The Labute approximate surface area is 169 Å². The molecule has 0 bridgehead atoms. The summed E-state index contributed by atoms with van der Waals surface area (Å²) in [6, 6.07) is 12.1. The topological polar surface area (TPSA) is 73.1 Å². The second kappa shape index (κ2) is 7.54. The minimum absolute atomic E-state index is 0.375. The molecule has 2 aromatic heterocycles. The van der Waals surface area contributed by atoms with Crippen LogP contribution < -0.4 is 11.1 Å². The molecule has 2 saturated heterocycles. The number of hydrogen-bond donors (Lipinski definition) is 2. The van der Waals surface area contributed by atoms with Crippen LogP contribution in [0.3, 0.4) is 0 Å². The lowest BCUT2D eigenvalue weighted by Gasteiger charge is -2.30. The SMILES string of the molecule is Nc1ncc(-c2ccc(C3COC3)c([C@@H]3CCCN3)c2)cc1-c1ccnc(F)c1. The fraction of sp³-hybridized carbons (Fsp3) is 0.304. The third-order valence-corrected chi connectivity index (χ3v) is 5.89. The third-order valence-electron chi connectivity index (χ3n) is 5.89. The molecular weight excluding hydrogens is 367 g/mol. The van der Waals surface area contributed by atoms with E-state index in [-0.39, 0.29) is 0 Å². The number of ether oxygens (including phenoxy) is 1. The Morgan fingerprint density at radius 1 is 1.00 bits per heavy atom. The minimum atomic E-state index is -0.533. The quantitative estimate of drug-likeness (QED) is 0.657. The number of nitrogens with zero attached hydrogens (tertiary/aromatic N) is 2. The van der Waals surface area contributed by atoms with Crippen LogP contribution in [0.2, 0.25) is 0 Å². The molecular formula is C23H23FN4O. The minimum Gasteiger partial charge on any atom is -0.383 e. The highest BCUT2D eigenvalue weighted by molar-refractivity contribution is 5.79. The van der Waals surface area contributed by atoms with Gasteiger partial charge in [0, 0.05) is 41.5 Å². The fourth-order valence-electron chi connectivity index (χ4n) is 4.23. The number of anilines is 1. The van der Waals surface area contributed by atoms with Gasteiger partial charge in [0.1, 0.15) is 5.82 Å². The molecule has 5 rings (SSSR count). The summed E-state index contributed by atoms with van der Waals surface area (Å²) in [6.07, 6.45) is 5.56. The number of benzene rings is 1. The Morgan fingerprint density at radius 3 is 2.62 bits per heavy atom. The Hall–Kier alpha value is -2.83. The van der Waals surface area contributed by atoms with Gasteiger partial charge in [0.05, 0.1) is 13.2 Å². The maximum absolute atomic E-state index is 13.6. The standard InChI is InChI=1S/C23H23FN4O/c24-22-10-15(5-7-27-22)19-9-16(11-28-23(19)25)14-3-4-18(17-12-29-13-17)20(8-14)21-2-1-6-26-21/h3-5,7-11,17,21,26H,1-2,6,12-13H2,(H2,25,28)/t21-/m0/s1. The van der Waals surface area contributed by atoms with Gasteiger partial charge in [-0.2, -0.15) is 4.39 Å². The Bertz CT molecular complexity index is 1040. The van der Waals surface area contributed by atoms with Crippen LogP contribution in [0, 0.1) is 5.95 Å². The van der Waals surface area contributed by atoms with Crippen molar-refractivity contribution in [3.05, 3.63) is 65.9 Å². The number of nitrogens with one attached hydrogen (secondary N) is 1. The number of halogens is 1. The predicted molar refractivity (Wildman–Crippen MR) is 111 cm³/mol. The smallest absolute Gasteiger partial charge is 0.213 e. The van der Waals surface area contributed by atoms with Gasteiger partial charge in [0.25, 0.3) is 0 Å². The zero-order valence-electron chi connectivity index (χ0n) is 16.1. The zero-order valence-corrected chi connectivity index (χ0v) is 16.1. The van der Waals surface area contributed by atoms with Crippen LogP contribution in [-0.2, 0) is 4.74 Å². The number of hydrogen-bond acceptors (Lipinski definition) is 5. The van der Waals surface area contributed by atoms with Crippen molar-refractivity contribution in [2.75, 3.05) is 25.5 Å². The van der Waals surface area contributed by atoms with Crippen molar-refractivity contribution in [2.45, 2.75) is 24.8 Å². The van der Waals surface area contributed by atoms with Gasteiger partial charge in [-0.05, 0) is 59.8 Å². The van der Waals surface area contributed by atoms with E-state index < -0.39 is 5.95 Å². The van der Waals surface area contributed by atoms with Crippen LogP contribution >= 0.6 is 0 Å². The lowest BCUT2D eigenvalue weighted by Crippen LogP contribution is -2.27. The average molecular weight is 390 g/mol. The second-order valence-corrected chi connectivity index (χ2v) is 7.75. The van der Waals surface area contributed by atoms with Crippen molar-refractivity contribution >= 4 is 5.82 Å². The van der Waals surface area contributed by atoms with E-state index in [1.165, 1.54) is 29.8 Å². The van der Waals surface area contributed by atoms with Crippen LogP contribution in [0.1, 0.15) is 35.9 Å². The summed E-state index contributed by atoms with van der Waals surface area (Å²) in [5.74, 6) is 0.315. The highest BCUT2D eigenvalue weighted by Gasteiger charge is 2.27. The van der Waals surface area contributed by atoms with E-state index in [1.807, 2.05) is 6.07 Å². The summed E-state index contributed by atoms with van der Waals surface area (Å²) in [4.78, 5) is 8.00. The molecule has 0 radical (unpaired) electrons. The first-order valence-electron chi connectivity index (χ1n) is 10.0. The molecule has 0 unspecified atom stereocenters. The van der Waals surface area contributed by atoms with Crippen LogP contribution in [0.15, 0.2) is 48.8 Å². The van der Waals surface area contributed by atoms with Gasteiger partial charge in [-0.3, -0.25) is 0 Å². The van der Waals surface area contributed by atoms with E-state index in [4.69, 9.17) is 10.5 Å². The second-order valence-electron chi connectivity index (χ2n) is 7.75. The summed E-state index contributed by atoms with van der Waals surface area (Å²) < 4.78 is 19.0. The summed E-state index contributed by atoms with van der Waals surface area (Å²) >= 11 is 0. The van der Waals surface area contributed by atoms with Gasteiger partial charge in [0.15, 0.2) is 0 Å². The molecule has 6 heteroatoms. The van der Waals surface area contributed by atoms with Gasteiger partial charge in [-0.25, -0.2) is 9.97 Å². The van der Waals surface area contributed by atoms with Crippen molar-refractivity contribution in [3.8, 4) is 22.3 Å². The molecule has 1 atom stereocenters. The molecule has 5 nitrogen and oxygen atoms in total. The number of nitrogen functional groups attached to an aromatic ring is 1. The van der Waals surface area contributed by atoms with Gasteiger partial charge in [0.2, 0.25) is 5.95 Å².